The third kappa shape index (κ3) is 2.21. The zero-order valence-electron chi connectivity index (χ0n) is 13.3. The van der Waals surface area contributed by atoms with Gasteiger partial charge in [0.05, 0.1) is 0 Å². The van der Waals surface area contributed by atoms with Crippen LogP contribution in [0.25, 0.3) is 11.2 Å². The van der Waals surface area contributed by atoms with Gasteiger partial charge in [-0.1, -0.05) is 13.8 Å². The molecule has 0 amide bonds. The zero-order chi connectivity index (χ0) is 15.9. The van der Waals surface area contributed by atoms with Crippen LogP contribution >= 0.6 is 0 Å². The summed E-state index contributed by atoms with van der Waals surface area (Å²) in [5.74, 6) is 0.921. The Kier molecular flexibility index (Phi) is 4.04. The van der Waals surface area contributed by atoms with E-state index in [2.05, 4.69) is 4.98 Å². The minimum absolute atomic E-state index is 0.0529. The lowest BCUT2D eigenvalue weighted by molar-refractivity contribution is 0.530. The van der Waals surface area contributed by atoms with E-state index in [-0.39, 0.29) is 23.2 Å². The van der Waals surface area contributed by atoms with Crippen molar-refractivity contribution in [2.24, 2.45) is 12.8 Å². The summed E-state index contributed by atoms with van der Waals surface area (Å²) in [7, 11) is 1.50. The second-order valence-corrected chi connectivity index (χ2v) is 5.64. The maximum absolute atomic E-state index is 12.5. The van der Waals surface area contributed by atoms with Gasteiger partial charge in [-0.3, -0.25) is 13.9 Å². The van der Waals surface area contributed by atoms with Gasteiger partial charge in [0.2, 0.25) is 0 Å². The first-order chi connectivity index (χ1) is 9.84. The van der Waals surface area contributed by atoms with Gasteiger partial charge in [-0.25, -0.2) is 9.78 Å². The Morgan fingerprint density at radius 2 is 1.86 bits per heavy atom. The van der Waals surface area contributed by atoms with Crippen LogP contribution < -0.4 is 17.0 Å². The Balaban J connectivity index is 3.06. The average Bonchev–Trinajstić information content (AvgIpc) is 2.85. The van der Waals surface area contributed by atoms with E-state index in [1.54, 1.807) is 0 Å². The summed E-state index contributed by atoms with van der Waals surface area (Å²) in [6.45, 7) is 8.72. The molecule has 21 heavy (non-hydrogen) atoms. The molecule has 0 aliphatic rings. The molecule has 7 nitrogen and oxygen atoms in total. The Labute approximate surface area is 123 Å². The number of nitrogens with two attached hydrogens (primary N) is 1. The molecule has 7 heteroatoms. The summed E-state index contributed by atoms with van der Waals surface area (Å²) >= 11 is 0. The van der Waals surface area contributed by atoms with E-state index in [1.165, 1.54) is 11.6 Å². The fourth-order valence-corrected chi connectivity index (χ4v) is 2.59. The molecular weight excluding hydrogens is 270 g/mol. The van der Waals surface area contributed by atoms with Crippen molar-refractivity contribution in [1.82, 2.24) is 18.7 Å². The van der Waals surface area contributed by atoms with Crippen LogP contribution in [0.3, 0.4) is 0 Å². The van der Waals surface area contributed by atoms with Crippen LogP contribution in [-0.4, -0.2) is 25.2 Å². The first kappa shape index (κ1) is 15.5. The lowest BCUT2D eigenvalue weighted by atomic mass is 10.2. The van der Waals surface area contributed by atoms with Crippen LogP contribution in [0.1, 0.15) is 45.5 Å². The highest BCUT2D eigenvalue weighted by atomic mass is 16.2. The number of hydrogen-bond acceptors (Lipinski definition) is 4. The van der Waals surface area contributed by atoms with Crippen LogP contribution in [-0.2, 0) is 13.6 Å². The number of imidazole rings is 1. The lowest BCUT2D eigenvalue weighted by Gasteiger charge is -2.17. The molecule has 2 rings (SSSR count). The molecule has 0 aliphatic carbocycles. The number of nitrogens with zero attached hydrogens (tertiary/aromatic N) is 4. The van der Waals surface area contributed by atoms with Crippen molar-refractivity contribution >= 4 is 11.2 Å². The van der Waals surface area contributed by atoms with E-state index in [1.807, 2.05) is 32.3 Å². The largest absolute Gasteiger partial charge is 0.332 e. The molecule has 0 radical (unpaired) electrons. The SMILES string of the molecule is CCn1c(=O)n(C)c(=O)c2c1nc(C(C)C)n2C(C)CN. The van der Waals surface area contributed by atoms with Crippen molar-refractivity contribution in [3.05, 3.63) is 26.7 Å². The smallest absolute Gasteiger partial charge is 0.328 e. The van der Waals surface area contributed by atoms with E-state index in [4.69, 9.17) is 5.73 Å². The summed E-state index contributed by atoms with van der Waals surface area (Å²) in [5.41, 5.74) is 6.04. The highest BCUT2D eigenvalue weighted by Gasteiger charge is 2.23. The molecule has 2 N–H and O–H groups in total. The fourth-order valence-electron chi connectivity index (χ4n) is 2.59. The summed E-state index contributed by atoms with van der Waals surface area (Å²) in [6.07, 6.45) is 0. The minimum atomic E-state index is -0.338. The number of rotatable bonds is 4. The summed E-state index contributed by atoms with van der Waals surface area (Å²) in [5, 5.41) is 0. The number of aryl methyl sites for hydroxylation is 1. The van der Waals surface area contributed by atoms with E-state index in [0.717, 1.165) is 10.4 Å². The van der Waals surface area contributed by atoms with E-state index >= 15 is 0 Å². The van der Waals surface area contributed by atoms with Crippen molar-refractivity contribution in [2.75, 3.05) is 6.54 Å². The molecule has 2 aromatic rings. The summed E-state index contributed by atoms with van der Waals surface area (Å²) in [6, 6.07) is -0.0529. The molecule has 0 bridgehead atoms. The molecule has 0 saturated carbocycles. The molecule has 2 aromatic heterocycles. The molecule has 1 unspecified atom stereocenters. The molecule has 0 aromatic carbocycles. The minimum Gasteiger partial charge on any atom is -0.328 e. The highest BCUT2D eigenvalue weighted by Crippen LogP contribution is 2.23. The van der Waals surface area contributed by atoms with Crippen molar-refractivity contribution in [1.29, 1.82) is 0 Å². The third-order valence-electron chi connectivity index (χ3n) is 3.82. The predicted molar refractivity (Wildman–Crippen MR) is 82.8 cm³/mol. The maximum Gasteiger partial charge on any atom is 0.332 e. The predicted octanol–water partition coefficient (Wildman–Crippen LogP) is 0.560. The molecule has 0 saturated heterocycles. The second kappa shape index (κ2) is 5.48. The second-order valence-electron chi connectivity index (χ2n) is 5.64. The standard InChI is InChI=1S/C14H23N5O2/c1-6-18-12-10(13(20)17(5)14(18)21)19(9(4)7-15)11(16-12)8(2)3/h8-9H,6-7,15H2,1-5H3. The van der Waals surface area contributed by atoms with Crippen LogP contribution in [0, 0.1) is 0 Å². The van der Waals surface area contributed by atoms with Gasteiger partial charge in [-0.15, -0.1) is 0 Å². The molecule has 0 fully saturated rings. The molecule has 116 valence electrons. The molecule has 0 spiro atoms. The third-order valence-corrected chi connectivity index (χ3v) is 3.82. The van der Waals surface area contributed by atoms with Gasteiger partial charge in [-0.05, 0) is 13.8 Å². The first-order valence-corrected chi connectivity index (χ1v) is 7.26. The highest BCUT2D eigenvalue weighted by molar-refractivity contribution is 5.71. The summed E-state index contributed by atoms with van der Waals surface area (Å²) < 4.78 is 4.55. The Bertz CT molecular complexity index is 781. The molecule has 0 aliphatic heterocycles. The van der Waals surface area contributed by atoms with Crippen molar-refractivity contribution < 1.29 is 0 Å². The van der Waals surface area contributed by atoms with Gasteiger partial charge in [0.15, 0.2) is 11.2 Å². The Hall–Kier alpha value is -1.89. The van der Waals surface area contributed by atoms with Crippen molar-refractivity contribution in [2.45, 2.75) is 46.2 Å². The fraction of sp³-hybridized carbons (Fsp3) is 0.643. The Morgan fingerprint density at radius 1 is 1.24 bits per heavy atom. The van der Waals surface area contributed by atoms with Gasteiger partial charge in [0.1, 0.15) is 5.82 Å². The normalized spacial score (nSPS) is 13.3. The zero-order valence-corrected chi connectivity index (χ0v) is 13.3. The molecular formula is C14H23N5O2. The number of aromatic nitrogens is 4. The van der Waals surface area contributed by atoms with Gasteiger partial charge in [0, 0.05) is 32.1 Å². The maximum atomic E-state index is 12.5. The topological polar surface area (TPSA) is 87.8 Å². The summed E-state index contributed by atoms with van der Waals surface area (Å²) in [4.78, 5) is 29.3. The number of hydrogen-bond donors (Lipinski definition) is 1. The van der Waals surface area contributed by atoms with Gasteiger partial charge in [-0.2, -0.15) is 0 Å². The van der Waals surface area contributed by atoms with Crippen LogP contribution in [0.5, 0.6) is 0 Å². The van der Waals surface area contributed by atoms with Crippen molar-refractivity contribution in [3.8, 4) is 0 Å². The van der Waals surface area contributed by atoms with Gasteiger partial charge >= 0.3 is 5.69 Å². The van der Waals surface area contributed by atoms with E-state index < -0.39 is 0 Å². The molecule has 1 atom stereocenters. The Morgan fingerprint density at radius 3 is 2.33 bits per heavy atom. The van der Waals surface area contributed by atoms with Crippen LogP contribution in [0.2, 0.25) is 0 Å². The van der Waals surface area contributed by atoms with Crippen LogP contribution in [0.4, 0.5) is 0 Å². The lowest BCUT2D eigenvalue weighted by Crippen LogP contribution is -2.38. The van der Waals surface area contributed by atoms with Gasteiger partial charge in [0.25, 0.3) is 5.56 Å². The van der Waals surface area contributed by atoms with Gasteiger partial charge < -0.3 is 10.3 Å². The monoisotopic (exact) mass is 293 g/mol. The van der Waals surface area contributed by atoms with Crippen molar-refractivity contribution in [3.63, 3.8) is 0 Å². The molecule has 2 heterocycles. The average molecular weight is 293 g/mol. The first-order valence-electron chi connectivity index (χ1n) is 7.26. The quantitative estimate of drug-likeness (QED) is 0.892. The van der Waals surface area contributed by atoms with Crippen LogP contribution in [0.15, 0.2) is 9.59 Å². The number of fused-ring (bicyclic) bond motifs is 1. The van der Waals surface area contributed by atoms with E-state index in [9.17, 15) is 9.59 Å². The van der Waals surface area contributed by atoms with E-state index in [0.29, 0.717) is 24.3 Å².